The summed E-state index contributed by atoms with van der Waals surface area (Å²) in [7, 11) is 4.31. The number of hydrogen-bond acceptors (Lipinski definition) is 1. The molecular weight excluding hydrogens is 170 g/mol. The Morgan fingerprint density at radius 3 is 1.43 bits per heavy atom. The molecule has 1 heteroatoms. The maximum atomic E-state index is 2.33. The molecule has 0 saturated heterocycles. The van der Waals surface area contributed by atoms with Crippen LogP contribution >= 0.6 is 0 Å². The molecule has 0 N–H and O–H groups in total. The summed E-state index contributed by atoms with van der Waals surface area (Å²) in [6, 6.07) is 0. The summed E-state index contributed by atoms with van der Waals surface area (Å²) < 4.78 is 0. The zero-order valence-corrected chi connectivity index (χ0v) is 11.4. The first-order chi connectivity index (χ1) is 6.05. The average Bonchev–Trinajstić information content (AvgIpc) is 2.01. The molecule has 1 nitrogen and oxygen atoms in total. The fourth-order valence-electron chi connectivity index (χ4n) is 1.64. The molecule has 14 heavy (non-hydrogen) atoms. The van der Waals surface area contributed by atoms with Crippen LogP contribution in [0.3, 0.4) is 0 Å². The quantitative estimate of drug-likeness (QED) is 0.623. The Labute approximate surface area is 90.2 Å². The van der Waals surface area contributed by atoms with E-state index in [0.29, 0.717) is 0 Å². The van der Waals surface area contributed by atoms with Crippen molar-refractivity contribution in [1.82, 2.24) is 4.90 Å². The van der Waals surface area contributed by atoms with Gasteiger partial charge in [0.15, 0.2) is 0 Å². The highest BCUT2D eigenvalue weighted by molar-refractivity contribution is 5.21. The van der Waals surface area contributed by atoms with Crippen LogP contribution in [0.4, 0.5) is 0 Å². The molecule has 0 bridgehead atoms. The normalized spacial score (nSPS) is 13.3. The van der Waals surface area contributed by atoms with Gasteiger partial charge in [0.1, 0.15) is 0 Å². The molecule has 0 aromatic heterocycles. The van der Waals surface area contributed by atoms with Gasteiger partial charge in [0.25, 0.3) is 0 Å². The van der Waals surface area contributed by atoms with E-state index in [-0.39, 0.29) is 11.0 Å². The lowest BCUT2D eigenvalue weighted by Gasteiger charge is -2.48. The summed E-state index contributed by atoms with van der Waals surface area (Å²) in [5.41, 5.74) is 3.31. The third-order valence-electron chi connectivity index (χ3n) is 4.34. The summed E-state index contributed by atoms with van der Waals surface area (Å²) >= 11 is 0. The fourth-order valence-corrected chi connectivity index (χ4v) is 1.64. The predicted octanol–water partition coefficient (Wildman–Crippen LogP) is 3.71. The van der Waals surface area contributed by atoms with Crippen molar-refractivity contribution in [1.29, 1.82) is 0 Å². The second kappa shape index (κ2) is 4.06. The van der Waals surface area contributed by atoms with E-state index >= 15 is 0 Å². The molecule has 0 heterocycles. The summed E-state index contributed by atoms with van der Waals surface area (Å²) in [6.07, 6.45) is 0. The highest BCUT2D eigenvalue weighted by Crippen LogP contribution is 2.41. The minimum absolute atomic E-state index is 0.175. The van der Waals surface area contributed by atoms with Gasteiger partial charge in [0.2, 0.25) is 0 Å². The van der Waals surface area contributed by atoms with Gasteiger partial charge < -0.3 is 4.90 Å². The van der Waals surface area contributed by atoms with Crippen molar-refractivity contribution in [3.05, 3.63) is 11.1 Å². The first-order valence-corrected chi connectivity index (χ1v) is 5.37. The molecule has 84 valence electrons. The van der Waals surface area contributed by atoms with Crippen molar-refractivity contribution >= 4 is 0 Å². The summed E-state index contributed by atoms with van der Waals surface area (Å²) in [5.74, 6) is 0. The van der Waals surface area contributed by atoms with Gasteiger partial charge in [-0.05, 0) is 48.7 Å². The van der Waals surface area contributed by atoms with Crippen LogP contribution in [0.5, 0.6) is 0 Å². The molecule has 0 aliphatic carbocycles. The minimum atomic E-state index is 0.175. The highest BCUT2D eigenvalue weighted by Gasteiger charge is 2.40. The minimum Gasteiger partial charge on any atom is -0.303 e. The van der Waals surface area contributed by atoms with Gasteiger partial charge in [-0.15, -0.1) is 0 Å². The molecule has 0 aliphatic heterocycles. The molecule has 0 fully saturated rings. The van der Waals surface area contributed by atoms with Crippen LogP contribution < -0.4 is 0 Å². The van der Waals surface area contributed by atoms with E-state index in [1.54, 1.807) is 0 Å². The van der Waals surface area contributed by atoms with Gasteiger partial charge >= 0.3 is 0 Å². The van der Waals surface area contributed by atoms with Gasteiger partial charge in [-0.2, -0.15) is 0 Å². The van der Waals surface area contributed by atoms with E-state index in [0.717, 1.165) is 0 Å². The third-order valence-corrected chi connectivity index (χ3v) is 4.34. The maximum Gasteiger partial charge on any atom is 0.0235 e. The topological polar surface area (TPSA) is 3.24 Å². The van der Waals surface area contributed by atoms with Crippen molar-refractivity contribution in [3.63, 3.8) is 0 Å². The Balaban J connectivity index is 5.26. The van der Waals surface area contributed by atoms with Gasteiger partial charge in [0.05, 0.1) is 0 Å². The van der Waals surface area contributed by atoms with E-state index in [4.69, 9.17) is 0 Å². The van der Waals surface area contributed by atoms with E-state index in [9.17, 15) is 0 Å². The molecule has 0 unspecified atom stereocenters. The molecule has 0 amide bonds. The second-order valence-corrected chi connectivity index (χ2v) is 5.70. The van der Waals surface area contributed by atoms with Crippen LogP contribution in [-0.4, -0.2) is 24.5 Å². The maximum absolute atomic E-state index is 2.33. The molecule has 0 radical (unpaired) electrons. The van der Waals surface area contributed by atoms with Crippen molar-refractivity contribution in [2.75, 3.05) is 14.1 Å². The first-order valence-electron chi connectivity index (χ1n) is 5.37. The second-order valence-electron chi connectivity index (χ2n) is 5.70. The van der Waals surface area contributed by atoms with Crippen LogP contribution in [0, 0.1) is 5.41 Å². The SMILES string of the molecule is CC(C)=C(C)C(C)(C)C(C)(C)N(C)C. The molecule has 0 rings (SSSR count). The Hall–Kier alpha value is -0.300. The summed E-state index contributed by atoms with van der Waals surface area (Å²) in [5, 5.41) is 0. The van der Waals surface area contributed by atoms with E-state index in [2.05, 4.69) is 67.5 Å². The lowest BCUT2D eigenvalue weighted by molar-refractivity contribution is 0.0771. The zero-order chi connectivity index (χ0) is 11.7. The van der Waals surface area contributed by atoms with Crippen LogP contribution in [0.2, 0.25) is 0 Å². The van der Waals surface area contributed by atoms with Crippen LogP contribution in [-0.2, 0) is 0 Å². The predicted molar refractivity (Wildman–Crippen MR) is 65.6 cm³/mol. The molecule has 0 atom stereocenters. The lowest BCUT2D eigenvalue weighted by Crippen LogP contribution is -2.51. The standard InChI is InChI=1S/C13H27N/c1-10(2)11(3)12(4,5)13(6,7)14(8)9/h1-9H3. The fraction of sp³-hybridized carbons (Fsp3) is 0.846. The van der Waals surface area contributed by atoms with Crippen LogP contribution in [0.1, 0.15) is 48.5 Å². The summed E-state index contributed by atoms with van der Waals surface area (Å²) in [4.78, 5) is 2.31. The highest BCUT2D eigenvalue weighted by atomic mass is 15.1. The van der Waals surface area contributed by atoms with Crippen molar-refractivity contribution in [2.45, 2.75) is 54.0 Å². The number of hydrogen-bond donors (Lipinski definition) is 0. The number of allylic oxidation sites excluding steroid dienone is 1. The van der Waals surface area contributed by atoms with Crippen molar-refractivity contribution in [2.24, 2.45) is 5.41 Å². The van der Waals surface area contributed by atoms with E-state index in [1.807, 2.05) is 0 Å². The molecular formula is C13H27N. The zero-order valence-electron chi connectivity index (χ0n) is 11.4. The smallest absolute Gasteiger partial charge is 0.0235 e. The Morgan fingerprint density at radius 2 is 1.21 bits per heavy atom. The van der Waals surface area contributed by atoms with Gasteiger partial charge in [-0.25, -0.2) is 0 Å². The molecule has 0 aliphatic rings. The largest absolute Gasteiger partial charge is 0.303 e. The van der Waals surface area contributed by atoms with Gasteiger partial charge in [-0.1, -0.05) is 25.0 Å². The Kier molecular flexibility index (Phi) is 3.97. The summed E-state index contributed by atoms with van der Waals surface area (Å²) in [6.45, 7) is 15.9. The van der Waals surface area contributed by atoms with E-state index < -0.39 is 0 Å². The monoisotopic (exact) mass is 197 g/mol. The van der Waals surface area contributed by atoms with E-state index in [1.165, 1.54) is 11.1 Å². The van der Waals surface area contributed by atoms with Crippen molar-refractivity contribution < 1.29 is 0 Å². The van der Waals surface area contributed by atoms with Gasteiger partial charge in [0, 0.05) is 11.0 Å². The lowest BCUT2D eigenvalue weighted by atomic mass is 9.68. The first kappa shape index (κ1) is 13.7. The molecule has 0 aromatic rings. The van der Waals surface area contributed by atoms with Crippen LogP contribution in [0.15, 0.2) is 11.1 Å². The third kappa shape index (κ3) is 2.20. The molecule has 0 saturated carbocycles. The van der Waals surface area contributed by atoms with Crippen LogP contribution in [0.25, 0.3) is 0 Å². The van der Waals surface area contributed by atoms with Crippen molar-refractivity contribution in [3.8, 4) is 0 Å². The number of nitrogens with zero attached hydrogens (tertiary/aromatic N) is 1. The molecule has 0 spiro atoms. The van der Waals surface area contributed by atoms with Gasteiger partial charge in [-0.3, -0.25) is 0 Å². The Bertz CT molecular complexity index is 228. The molecule has 0 aromatic carbocycles. The Morgan fingerprint density at radius 1 is 0.857 bits per heavy atom. The average molecular weight is 197 g/mol. The number of rotatable bonds is 3.